The van der Waals surface area contributed by atoms with Crippen LogP contribution in [0.1, 0.15) is 31.7 Å². The fourth-order valence-corrected chi connectivity index (χ4v) is 3.35. The molecule has 0 aliphatic carbocycles. The molecule has 0 aromatic carbocycles. The molecule has 3 rings (SSSR count). The quantitative estimate of drug-likeness (QED) is 0.800. The number of nitrogens with zero attached hydrogens (tertiary/aromatic N) is 2. The van der Waals surface area contributed by atoms with Gasteiger partial charge in [-0.05, 0) is 31.9 Å². The standard InChI is InChI=1S/C14H22N2O/c1-2-13-9-15-6-3-4-14(15)10-16(13)8-12-5-7-17-11-12/h5,7,11,13-14H,2-4,6,8-10H2,1H3. The molecule has 3 heteroatoms. The molecule has 2 saturated heterocycles. The minimum Gasteiger partial charge on any atom is -0.472 e. The highest BCUT2D eigenvalue weighted by Crippen LogP contribution is 2.26. The summed E-state index contributed by atoms with van der Waals surface area (Å²) in [5.74, 6) is 0. The normalized spacial score (nSPS) is 30.6. The average molecular weight is 234 g/mol. The molecule has 3 heterocycles. The molecule has 94 valence electrons. The van der Waals surface area contributed by atoms with Crippen molar-refractivity contribution in [2.24, 2.45) is 0 Å². The summed E-state index contributed by atoms with van der Waals surface area (Å²) in [6.45, 7) is 7.19. The van der Waals surface area contributed by atoms with E-state index in [0.29, 0.717) is 0 Å². The lowest BCUT2D eigenvalue weighted by atomic mass is 10.0. The first-order chi connectivity index (χ1) is 8.36. The Morgan fingerprint density at radius 2 is 2.35 bits per heavy atom. The first-order valence-corrected chi connectivity index (χ1v) is 6.86. The van der Waals surface area contributed by atoms with E-state index >= 15 is 0 Å². The molecular formula is C14H22N2O. The lowest BCUT2D eigenvalue weighted by Gasteiger charge is -2.43. The number of rotatable bonds is 3. The van der Waals surface area contributed by atoms with Gasteiger partial charge in [0.15, 0.2) is 0 Å². The summed E-state index contributed by atoms with van der Waals surface area (Å²) in [6.07, 6.45) is 7.69. The highest BCUT2D eigenvalue weighted by Gasteiger charge is 2.35. The first kappa shape index (κ1) is 11.3. The van der Waals surface area contributed by atoms with E-state index in [2.05, 4.69) is 22.8 Å². The molecule has 1 aromatic rings. The summed E-state index contributed by atoms with van der Waals surface area (Å²) in [6, 6.07) is 3.62. The van der Waals surface area contributed by atoms with Crippen LogP contribution in [0.4, 0.5) is 0 Å². The number of fused-ring (bicyclic) bond motifs is 1. The topological polar surface area (TPSA) is 19.6 Å². The molecular weight excluding hydrogens is 212 g/mol. The van der Waals surface area contributed by atoms with Gasteiger partial charge < -0.3 is 4.42 Å². The summed E-state index contributed by atoms with van der Waals surface area (Å²) in [7, 11) is 0. The Morgan fingerprint density at radius 3 is 3.12 bits per heavy atom. The maximum absolute atomic E-state index is 5.17. The largest absolute Gasteiger partial charge is 0.472 e. The van der Waals surface area contributed by atoms with Crippen LogP contribution in [0, 0.1) is 0 Å². The molecule has 2 atom stereocenters. The van der Waals surface area contributed by atoms with Gasteiger partial charge in [0.1, 0.15) is 0 Å². The minimum absolute atomic E-state index is 0.722. The van der Waals surface area contributed by atoms with Crippen LogP contribution in [0.25, 0.3) is 0 Å². The van der Waals surface area contributed by atoms with Gasteiger partial charge in [0, 0.05) is 37.3 Å². The van der Waals surface area contributed by atoms with E-state index in [-0.39, 0.29) is 0 Å². The van der Waals surface area contributed by atoms with E-state index in [1.54, 1.807) is 6.26 Å². The first-order valence-electron chi connectivity index (χ1n) is 6.86. The van der Waals surface area contributed by atoms with Crippen molar-refractivity contribution in [1.82, 2.24) is 9.80 Å². The van der Waals surface area contributed by atoms with Crippen LogP contribution in [0.15, 0.2) is 23.0 Å². The van der Waals surface area contributed by atoms with Crippen molar-refractivity contribution in [3.8, 4) is 0 Å². The van der Waals surface area contributed by atoms with Crippen molar-refractivity contribution >= 4 is 0 Å². The molecule has 0 amide bonds. The SMILES string of the molecule is CCC1CN2CCCC2CN1Cc1ccoc1. The molecule has 2 unspecified atom stereocenters. The number of hydrogen-bond acceptors (Lipinski definition) is 3. The maximum atomic E-state index is 5.17. The lowest BCUT2D eigenvalue weighted by Crippen LogP contribution is -2.55. The third kappa shape index (κ3) is 2.26. The Hall–Kier alpha value is -0.800. The van der Waals surface area contributed by atoms with Crippen LogP contribution >= 0.6 is 0 Å². The Kier molecular flexibility index (Phi) is 3.21. The third-order valence-electron chi connectivity index (χ3n) is 4.34. The van der Waals surface area contributed by atoms with Gasteiger partial charge >= 0.3 is 0 Å². The maximum Gasteiger partial charge on any atom is 0.0947 e. The summed E-state index contributed by atoms with van der Waals surface area (Å²) < 4.78 is 5.17. The summed E-state index contributed by atoms with van der Waals surface area (Å²) >= 11 is 0. The molecule has 1 aromatic heterocycles. The Morgan fingerprint density at radius 1 is 1.41 bits per heavy atom. The highest BCUT2D eigenvalue weighted by atomic mass is 16.3. The predicted octanol–water partition coefficient (Wildman–Crippen LogP) is 2.34. The molecule has 2 fully saturated rings. The minimum atomic E-state index is 0.722. The molecule has 0 bridgehead atoms. The van der Waals surface area contributed by atoms with Gasteiger partial charge in [-0.25, -0.2) is 0 Å². The summed E-state index contributed by atoms with van der Waals surface area (Å²) in [5.41, 5.74) is 1.31. The zero-order valence-electron chi connectivity index (χ0n) is 10.6. The second-order valence-corrected chi connectivity index (χ2v) is 5.41. The zero-order chi connectivity index (χ0) is 11.7. The molecule has 3 nitrogen and oxygen atoms in total. The smallest absolute Gasteiger partial charge is 0.0947 e. The predicted molar refractivity (Wildman–Crippen MR) is 67.8 cm³/mol. The average Bonchev–Trinajstić information content (AvgIpc) is 2.98. The Bertz CT molecular complexity index is 349. The number of hydrogen-bond donors (Lipinski definition) is 0. The van der Waals surface area contributed by atoms with Crippen LogP contribution in [-0.4, -0.2) is 41.5 Å². The molecule has 0 N–H and O–H groups in total. The van der Waals surface area contributed by atoms with Crippen molar-refractivity contribution in [3.05, 3.63) is 24.2 Å². The van der Waals surface area contributed by atoms with Crippen LogP contribution < -0.4 is 0 Å². The van der Waals surface area contributed by atoms with Gasteiger partial charge in [-0.2, -0.15) is 0 Å². The number of furan rings is 1. The van der Waals surface area contributed by atoms with Gasteiger partial charge in [0.05, 0.1) is 12.5 Å². The molecule has 2 aliphatic rings. The number of piperazine rings is 1. The summed E-state index contributed by atoms with van der Waals surface area (Å²) in [4.78, 5) is 5.34. The molecule has 0 saturated carbocycles. The molecule has 0 radical (unpaired) electrons. The lowest BCUT2D eigenvalue weighted by molar-refractivity contribution is 0.0436. The van der Waals surface area contributed by atoms with Gasteiger partial charge in [-0.15, -0.1) is 0 Å². The van der Waals surface area contributed by atoms with Crippen molar-refractivity contribution in [2.75, 3.05) is 19.6 Å². The van der Waals surface area contributed by atoms with Gasteiger partial charge in [-0.1, -0.05) is 6.92 Å². The van der Waals surface area contributed by atoms with Gasteiger partial charge in [0.2, 0.25) is 0 Å². The van der Waals surface area contributed by atoms with Crippen LogP contribution in [0.2, 0.25) is 0 Å². The van der Waals surface area contributed by atoms with E-state index in [9.17, 15) is 0 Å². The Balaban J connectivity index is 1.69. The fourth-order valence-electron chi connectivity index (χ4n) is 3.35. The van der Waals surface area contributed by atoms with Gasteiger partial charge in [-0.3, -0.25) is 9.80 Å². The van der Waals surface area contributed by atoms with Crippen LogP contribution in [-0.2, 0) is 6.54 Å². The molecule has 17 heavy (non-hydrogen) atoms. The van der Waals surface area contributed by atoms with E-state index in [0.717, 1.165) is 18.6 Å². The van der Waals surface area contributed by atoms with E-state index < -0.39 is 0 Å². The highest BCUT2D eigenvalue weighted by molar-refractivity contribution is 5.06. The van der Waals surface area contributed by atoms with Crippen LogP contribution in [0.5, 0.6) is 0 Å². The van der Waals surface area contributed by atoms with E-state index in [1.165, 1.54) is 44.5 Å². The second kappa shape index (κ2) is 4.83. The van der Waals surface area contributed by atoms with Crippen molar-refractivity contribution in [2.45, 2.75) is 44.8 Å². The zero-order valence-corrected chi connectivity index (χ0v) is 10.6. The summed E-state index contributed by atoms with van der Waals surface area (Å²) in [5, 5.41) is 0. The Labute approximate surface area is 103 Å². The van der Waals surface area contributed by atoms with Gasteiger partial charge in [0.25, 0.3) is 0 Å². The fraction of sp³-hybridized carbons (Fsp3) is 0.714. The van der Waals surface area contributed by atoms with Crippen molar-refractivity contribution in [3.63, 3.8) is 0 Å². The monoisotopic (exact) mass is 234 g/mol. The van der Waals surface area contributed by atoms with Crippen molar-refractivity contribution in [1.29, 1.82) is 0 Å². The molecule has 2 aliphatic heterocycles. The molecule has 0 spiro atoms. The third-order valence-corrected chi connectivity index (χ3v) is 4.34. The van der Waals surface area contributed by atoms with Crippen molar-refractivity contribution < 1.29 is 4.42 Å². The second-order valence-electron chi connectivity index (χ2n) is 5.41. The van der Waals surface area contributed by atoms with Crippen LogP contribution in [0.3, 0.4) is 0 Å². The van der Waals surface area contributed by atoms with E-state index in [4.69, 9.17) is 4.42 Å². The van der Waals surface area contributed by atoms with E-state index in [1.807, 2.05) is 6.26 Å².